The monoisotopic (exact) mass is 644 g/mol. The van der Waals surface area contributed by atoms with Gasteiger partial charge in [-0.15, -0.1) is 0 Å². The molecule has 0 bridgehead atoms. The van der Waals surface area contributed by atoms with Crippen molar-refractivity contribution in [2.24, 2.45) is 0 Å². The quantitative estimate of drug-likeness (QED) is 0.145. The first kappa shape index (κ1) is 32.2. The summed E-state index contributed by atoms with van der Waals surface area (Å²) in [5, 5.41) is 7.10. The molecule has 0 spiro atoms. The molecule has 0 unspecified atom stereocenters. The van der Waals surface area contributed by atoms with Gasteiger partial charge in [0.05, 0.1) is 0 Å². The van der Waals surface area contributed by atoms with Gasteiger partial charge in [-0.25, -0.2) is 0 Å². The summed E-state index contributed by atoms with van der Waals surface area (Å²) in [4.78, 5) is 0. The Kier molecular flexibility index (Phi) is 9.80. The van der Waals surface area contributed by atoms with Crippen molar-refractivity contribution in [3.05, 3.63) is 203 Å². The average Bonchev–Trinajstić information content (AvgIpc) is 3.15. The minimum absolute atomic E-state index is 1.06. The third-order valence-corrected chi connectivity index (χ3v) is 8.91. The molecule has 7 aromatic carbocycles. The third kappa shape index (κ3) is 8.18. The van der Waals surface area contributed by atoms with Crippen molar-refractivity contribution >= 4 is 47.1 Å². The van der Waals surface area contributed by atoms with E-state index in [2.05, 4.69) is 219 Å². The third-order valence-electron chi connectivity index (χ3n) is 8.91. The van der Waals surface area contributed by atoms with E-state index in [0.29, 0.717) is 0 Å². The molecule has 0 atom stereocenters. The second-order valence-electron chi connectivity index (χ2n) is 12.6. The van der Waals surface area contributed by atoms with Crippen LogP contribution in [0.4, 0.5) is 22.7 Å². The lowest BCUT2D eigenvalue weighted by molar-refractivity contribution is 1.45. The van der Waals surface area contributed by atoms with Crippen LogP contribution in [-0.4, -0.2) is 0 Å². The minimum Gasteiger partial charge on any atom is -0.356 e. The molecule has 0 aliphatic heterocycles. The van der Waals surface area contributed by atoms with E-state index in [0.717, 1.165) is 33.9 Å². The fourth-order valence-electron chi connectivity index (χ4n) is 6.11. The van der Waals surface area contributed by atoms with Crippen molar-refractivity contribution in [1.82, 2.24) is 0 Å². The van der Waals surface area contributed by atoms with Crippen molar-refractivity contribution in [3.8, 4) is 22.3 Å². The topological polar surface area (TPSA) is 24.1 Å². The predicted octanol–water partition coefficient (Wildman–Crippen LogP) is 13.5. The Bertz CT molecular complexity index is 2090. The first-order valence-corrected chi connectivity index (χ1v) is 17.1. The average molecular weight is 645 g/mol. The number of hydrogen-bond donors (Lipinski definition) is 2. The van der Waals surface area contributed by atoms with Crippen LogP contribution in [0.3, 0.4) is 0 Å². The zero-order chi connectivity index (χ0) is 34.1. The number of anilines is 4. The summed E-state index contributed by atoms with van der Waals surface area (Å²) in [5.41, 5.74) is 16.4. The summed E-state index contributed by atoms with van der Waals surface area (Å²) < 4.78 is 0. The summed E-state index contributed by atoms with van der Waals surface area (Å²) >= 11 is 0. The zero-order valence-corrected chi connectivity index (χ0v) is 28.5. The molecule has 0 aliphatic carbocycles. The molecule has 0 saturated carbocycles. The van der Waals surface area contributed by atoms with Crippen molar-refractivity contribution in [3.63, 3.8) is 0 Å². The van der Waals surface area contributed by atoms with E-state index in [1.54, 1.807) is 0 Å². The van der Waals surface area contributed by atoms with Gasteiger partial charge in [-0.1, -0.05) is 146 Å². The van der Waals surface area contributed by atoms with Crippen molar-refractivity contribution in [2.45, 2.75) is 13.8 Å². The summed E-state index contributed by atoms with van der Waals surface area (Å²) in [7, 11) is 0. The number of rotatable bonds is 10. The molecular formula is C48H40N2. The minimum atomic E-state index is 1.06. The molecule has 0 fully saturated rings. The van der Waals surface area contributed by atoms with Gasteiger partial charge in [-0.05, 0) is 118 Å². The fourth-order valence-corrected chi connectivity index (χ4v) is 6.11. The first-order chi connectivity index (χ1) is 24.6. The zero-order valence-electron chi connectivity index (χ0n) is 28.5. The molecule has 0 aliphatic rings. The van der Waals surface area contributed by atoms with Gasteiger partial charge in [-0.2, -0.15) is 0 Å². The Balaban J connectivity index is 0.924. The Morgan fingerprint density at radius 2 is 0.660 bits per heavy atom. The number of hydrogen-bond acceptors (Lipinski definition) is 2. The molecule has 7 rings (SSSR count). The maximum Gasteiger partial charge on any atom is 0.0390 e. The fraction of sp³-hybridized carbons (Fsp3) is 0.0417. The Labute approximate surface area is 296 Å². The molecule has 242 valence electrons. The van der Waals surface area contributed by atoms with Crippen molar-refractivity contribution in [1.29, 1.82) is 0 Å². The second-order valence-corrected chi connectivity index (χ2v) is 12.6. The molecular weight excluding hydrogens is 605 g/mol. The van der Waals surface area contributed by atoms with Crippen LogP contribution in [0.1, 0.15) is 33.4 Å². The van der Waals surface area contributed by atoms with Crippen LogP contribution in [0, 0.1) is 13.8 Å². The van der Waals surface area contributed by atoms with E-state index in [1.807, 2.05) is 0 Å². The Morgan fingerprint density at radius 3 is 1.02 bits per heavy atom. The highest BCUT2D eigenvalue weighted by molar-refractivity contribution is 5.77. The van der Waals surface area contributed by atoms with Gasteiger partial charge in [0.2, 0.25) is 0 Å². The smallest absolute Gasteiger partial charge is 0.0390 e. The van der Waals surface area contributed by atoms with Crippen LogP contribution in [0.25, 0.3) is 46.6 Å². The van der Waals surface area contributed by atoms with Gasteiger partial charge in [-0.3, -0.25) is 0 Å². The molecule has 2 N–H and O–H groups in total. The van der Waals surface area contributed by atoms with Gasteiger partial charge in [0, 0.05) is 22.7 Å². The van der Waals surface area contributed by atoms with Gasteiger partial charge in [0.1, 0.15) is 0 Å². The normalized spacial score (nSPS) is 11.2. The highest BCUT2D eigenvalue weighted by atomic mass is 14.9. The lowest BCUT2D eigenvalue weighted by Gasteiger charge is -2.10. The van der Waals surface area contributed by atoms with Crippen molar-refractivity contribution in [2.75, 3.05) is 10.6 Å². The summed E-state index contributed by atoms with van der Waals surface area (Å²) in [6, 6.07) is 59.9. The predicted molar refractivity (Wildman–Crippen MR) is 217 cm³/mol. The molecule has 0 aromatic heterocycles. The van der Waals surface area contributed by atoms with E-state index < -0.39 is 0 Å². The Hall–Kier alpha value is -6.38. The Morgan fingerprint density at radius 1 is 0.320 bits per heavy atom. The maximum absolute atomic E-state index is 3.55. The van der Waals surface area contributed by atoms with Crippen LogP contribution < -0.4 is 10.6 Å². The second kappa shape index (κ2) is 15.2. The first-order valence-electron chi connectivity index (χ1n) is 17.1. The van der Waals surface area contributed by atoms with Crippen LogP contribution in [0.15, 0.2) is 170 Å². The van der Waals surface area contributed by atoms with E-state index in [-0.39, 0.29) is 0 Å². The van der Waals surface area contributed by atoms with Crippen molar-refractivity contribution < 1.29 is 0 Å². The number of benzene rings is 7. The van der Waals surface area contributed by atoms with E-state index in [9.17, 15) is 0 Å². The molecule has 0 saturated heterocycles. The molecule has 0 radical (unpaired) electrons. The van der Waals surface area contributed by atoms with Crippen LogP contribution in [0.2, 0.25) is 0 Å². The van der Waals surface area contributed by atoms with Gasteiger partial charge >= 0.3 is 0 Å². The number of aryl methyl sites for hydroxylation is 2. The van der Waals surface area contributed by atoms with Gasteiger partial charge < -0.3 is 10.6 Å². The van der Waals surface area contributed by atoms with E-state index in [4.69, 9.17) is 0 Å². The van der Waals surface area contributed by atoms with Crippen LogP contribution in [-0.2, 0) is 0 Å². The van der Waals surface area contributed by atoms with E-state index >= 15 is 0 Å². The largest absolute Gasteiger partial charge is 0.356 e. The summed E-state index contributed by atoms with van der Waals surface area (Å²) in [5.74, 6) is 0. The lowest BCUT2D eigenvalue weighted by Crippen LogP contribution is -1.91. The SMILES string of the molecule is Cc1ccccc1-c1cccc(Nc2ccc(C=Cc3ccc(C=Cc4ccc(Nc5cccc(-c6ccccc6C)c5)cc4)cc3)cc2)c1. The van der Waals surface area contributed by atoms with Crippen LogP contribution >= 0.6 is 0 Å². The molecule has 0 heterocycles. The van der Waals surface area contributed by atoms with Gasteiger partial charge in [0.15, 0.2) is 0 Å². The lowest BCUT2D eigenvalue weighted by atomic mass is 10.0. The highest BCUT2D eigenvalue weighted by Gasteiger charge is 2.04. The highest BCUT2D eigenvalue weighted by Crippen LogP contribution is 2.29. The standard InChI is InChI=1S/C48H40N2/c1-35-9-3-5-15-47(35)41-11-7-13-45(33-41)49-43-29-25-39(26-30-43)23-21-37-17-19-38(20-18-37)22-24-40-27-31-44(32-28-40)50-46-14-8-12-42(34-46)48-16-6-4-10-36(48)2/h3-34,49-50H,1-2H3. The molecule has 2 heteroatoms. The number of nitrogens with one attached hydrogen (secondary N) is 2. The van der Waals surface area contributed by atoms with Crippen LogP contribution in [0.5, 0.6) is 0 Å². The van der Waals surface area contributed by atoms with E-state index in [1.165, 1.54) is 44.5 Å². The van der Waals surface area contributed by atoms with Gasteiger partial charge in [0.25, 0.3) is 0 Å². The summed E-state index contributed by atoms with van der Waals surface area (Å²) in [6.45, 7) is 4.31. The summed E-state index contributed by atoms with van der Waals surface area (Å²) in [6.07, 6.45) is 8.62. The molecule has 50 heavy (non-hydrogen) atoms. The molecule has 0 amide bonds. The molecule has 7 aromatic rings. The molecule has 2 nitrogen and oxygen atoms in total. The maximum atomic E-state index is 3.55.